The summed E-state index contributed by atoms with van der Waals surface area (Å²) in [7, 11) is 0. The minimum Gasteiger partial charge on any atom is -0.494 e. The maximum absolute atomic E-state index is 9.78. The molecule has 2 nitrogen and oxygen atoms in total. The van der Waals surface area contributed by atoms with E-state index < -0.39 is 0 Å². The zero-order chi connectivity index (χ0) is 11.8. The van der Waals surface area contributed by atoms with Crippen LogP contribution in [0.25, 0.3) is 0 Å². The SMILES string of the molecule is CCCCOc1ccc(C(O)CCC)cc1. The first-order valence-electron chi connectivity index (χ1n) is 6.18. The smallest absolute Gasteiger partial charge is 0.119 e. The number of ether oxygens (including phenoxy) is 1. The summed E-state index contributed by atoms with van der Waals surface area (Å²) >= 11 is 0. The molecular weight excluding hydrogens is 200 g/mol. The molecule has 1 atom stereocenters. The summed E-state index contributed by atoms with van der Waals surface area (Å²) in [5, 5.41) is 9.78. The van der Waals surface area contributed by atoms with Gasteiger partial charge in [0.1, 0.15) is 5.75 Å². The molecule has 1 aromatic carbocycles. The summed E-state index contributed by atoms with van der Waals surface area (Å²) in [5.41, 5.74) is 0.977. The van der Waals surface area contributed by atoms with Crippen LogP contribution in [0.3, 0.4) is 0 Å². The monoisotopic (exact) mass is 222 g/mol. The van der Waals surface area contributed by atoms with E-state index in [4.69, 9.17) is 4.74 Å². The number of aliphatic hydroxyl groups excluding tert-OH is 1. The molecule has 0 saturated carbocycles. The third-order valence-corrected chi connectivity index (χ3v) is 2.59. The van der Waals surface area contributed by atoms with E-state index in [1.807, 2.05) is 24.3 Å². The van der Waals surface area contributed by atoms with Crippen molar-refractivity contribution in [2.24, 2.45) is 0 Å². The van der Waals surface area contributed by atoms with E-state index in [1.54, 1.807) is 0 Å². The van der Waals surface area contributed by atoms with Crippen LogP contribution in [0.15, 0.2) is 24.3 Å². The van der Waals surface area contributed by atoms with Gasteiger partial charge in [0.2, 0.25) is 0 Å². The summed E-state index contributed by atoms with van der Waals surface area (Å²) in [6, 6.07) is 7.76. The van der Waals surface area contributed by atoms with Crippen LogP contribution in [0.5, 0.6) is 5.75 Å². The van der Waals surface area contributed by atoms with Crippen molar-refractivity contribution >= 4 is 0 Å². The van der Waals surface area contributed by atoms with Gasteiger partial charge in [-0.15, -0.1) is 0 Å². The summed E-state index contributed by atoms with van der Waals surface area (Å²) < 4.78 is 5.56. The van der Waals surface area contributed by atoms with Crippen LogP contribution < -0.4 is 4.74 Å². The zero-order valence-corrected chi connectivity index (χ0v) is 10.3. The number of hydrogen-bond acceptors (Lipinski definition) is 2. The molecule has 0 saturated heterocycles. The van der Waals surface area contributed by atoms with E-state index in [-0.39, 0.29) is 6.10 Å². The molecule has 0 spiro atoms. The van der Waals surface area contributed by atoms with E-state index in [9.17, 15) is 5.11 Å². The Morgan fingerprint density at radius 3 is 2.38 bits per heavy atom. The number of rotatable bonds is 7. The van der Waals surface area contributed by atoms with Gasteiger partial charge in [0, 0.05) is 0 Å². The standard InChI is InChI=1S/C14H22O2/c1-3-5-11-16-13-9-7-12(8-10-13)14(15)6-4-2/h7-10,14-15H,3-6,11H2,1-2H3. The number of aliphatic hydroxyl groups is 1. The lowest BCUT2D eigenvalue weighted by Crippen LogP contribution is -1.98. The molecule has 1 unspecified atom stereocenters. The second-order valence-corrected chi connectivity index (χ2v) is 4.08. The third-order valence-electron chi connectivity index (χ3n) is 2.59. The molecule has 1 N–H and O–H groups in total. The Hall–Kier alpha value is -1.02. The molecule has 1 rings (SSSR count). The van der Waals surface area contributed by atoms with Crippen molar-refractivity contribution in [3.8, 4) is 5.75 Å². The molecule has 0 aliphatic rings. The van der Waals surface area contributed by atoms with Crippen LogP contribution in [0.4, 0.5) is 0 Å². The van der Waals surface area contributed by atoms with Crippen molar-refractivity contribution in [1.82, 2.24) is 0 Å². The predicted molar refractivity (Wildman–Crippen MR) is 66.7 cm³/mol. The van der Waals surface area contributed by atoms with Gasteiger partial charge in [-0.05, 0) is 30.5 Å². The minimum atomic E-state index is -0.338. The van der Waals surface area contributed by atoms with E-state index in [0.717, 1.165) is 43.6 Å². The maximum Gasteiger partial charge on any atom is 0.119 e. The molecule has 0 radical (unpaired) electrons. The largest absolute Gasteiger partial charge is 0.494 e. The van der Waals surface area contributed by atoms with E-state index in [1.165, 1.54) is 0 Å². The quantitative estimate of drug-likeness (QED) is 0.713. The Bertz CT molecular complexity index is 279. The highest BCUT2D eigenvalue weighted by atomic mass is 16.5. The Morgan fingerprint density at radius 2 is 1.81 bits per heavy atom. The molecule has 16 heavy (non-hydrogen) atoms. The van der Waals surface area contributed by atoms with Gasteiger partial charge < -0.3 is 9.84 Å². The summed E-state index contributed by atoms with van der Waals surface area (Å²) in [4.78, 5) is 0. The van der Waals surface area contributed by atoms with E-state index in [2.05, 4.69) is 13.8 Å². The van der Waals surface area contributed by atoms with Crippen LogP contribution in [0, 0.1) is 0 Å². The fraction of sp³-hybridized carbons (Fsp3) is 0.571. The van der Waals surface area contributed by atoms with Gasteiger partial charge in [0.15, 0.2) is 0 Å². The fourth-order valence-electron chi connectivity index (χ4n) is 1.56. The molecule has 0 aromatic heterocycles. The molecule has 90 valence electrons. The predicted octanol–water partition coefficient (Wildman–Crippen LogP) is 3.70. The first-order chi connectivity index (χ1) is 7.77. The lowest BCUT2D eigenvalue weighted by Gasteiger charge is -2.10. The van der Waals surface area contributed by atoms with Gasteiger partial charge >= 0.3 is 0 Å². The van der Waals surface area contributed by atoms with Crippen molar-refractivity contribution in [1.29, 1.82) is 0 Å². The number of benzene rings is 1. The molecule has 0 amide bonds. The molecule has 0 fully saturated rings. The van der Waals surface area contributed by atoms with Crippen molar-refractivity contribution < 1.29 is 9.84 Å². The summed E-state index contributed by atoms with van der Waals surface area (Å²) in [5.74, 6) is 0.890. The molecule has 0 bridgehead atoms. The fourth-order valence-corrected chi connectivity index (χ4v) is 1.56. The Kier molecular flexibility index (Phi) is 5.94. The van der Waals surface area contributed by atoms with Crippen LogP contribution in [-0.2, 0) is 0 Å². The van der Waals surface area contributed by atoms with Gasteiger partial charge in [-0.2, -0.15) is 0 Å². The van der Waals surface area contributed by atoms with Crippen molar-refractivity contribution in [3.63, 3.8) is 0 Å². The maximum atomic E-state index is 9.78. The topological polar surface area (TPSA) is 29.5 Å². The second-order valence-electron chi connectivity index (χ2n) is 4.08. The van der Waals surface area contributed by atoms with E-state index in [0.29, 0.717) is 0 Å². The van der Waals surface area contributed by atoms with Crippen molar-refractivity contribution in [3.05, 3.63) is 29.8 Å². The van der Waals surface area contributed by atoms with Gasteiger partial charge in [0.25, 0.3) is 0 Å². The first-order valence-corrected chi connectivity index (χ1v) is 6.18. The molecule has 0 aliphatic heterocycles. The average Bonchev–Trinajstić information content (AvgIpc) is 2.30. The van der Waals surface area contributed by atoms with Crippen molar-refractivity contribution in [2.75, 3.05) is 6.61 Å². The molecule has 0 aliphatic carbocycles. The van der Waals surface area contributed by atoms with Gasteiger partial charge in [-0.3, -0.25) is 0 Å². The van der Waals surface area contributed by atoms with Crippen LogP contribution in [0.1, 0.15) is 51.2 Å². The number of hydrogen-bond donors (Lipinski definition) is 1. The lowest BCUT2D eigenvalue weighted by atomic mass is 10.1. The molecule has 2 heteroatoms. The summed E-state index contributed by atoms with van der Waals surface area (Å²) in [6.07, 6.45) is 3.70. The van der Waals surface area contributed by atoms with Crippen LogP contribution in [-0.4, -0.2) is 11.7 Å². The molecule has 1 aromatic rings. The highest BCUT2D eigenvalue weighted by Crippen LogP contribution is 2.21. The third kappa shape index (κ3) is 4.23. The van der Waals surface area contributed by atoms with E-state index >= 15 is 0 Å². The normalized spacial score (nSPS) is 12.4. The number of unbranched alkanes of at least 4 members (excludes halogenated alkanes) is 1. The van der Waals surface area contributed by atoms with Crippen molar-refractivity contribution in [2.45, 2.75) is 45.6 Å². The van der Waals surface area contributed by atoms with Crippen LogP contribution >= 0.6 is 0 Å². The Morgan fingerprint density at radius 1 is 1.12 bits per heavy atom. The zero-order valence-electron chi connectivity index (χ0n) is 10.3. The second kappa shape index (κ2) is 7.29. The Balaban J connectivity index is 2.47. The first kappa shape index (κ1) is 13.0. The minimum absolute atomic E-state index is 0.338. The highest BCUT2D eigenvalue weighted by Gasteiger charge is 2.05. The lowest BCUT2D eigenvalue weighted by molar-refractivity contribution is 0.166. The van der Waals surface area contributed by atoms with Gasteiger partial charge in [-0.25, -0.2) is 0 Å². The summed E-state index contributed by atoms with van der Waals surface area (Å²) in [6.45, 7) is 4.99. The Labute approximate surface area is 98.3 Å². The average molecular weight is 222 g/mol. The van der Waals surface area contributed by atoms with Gasteiger partial charge in [0.05, 0.1) is 12.7 Å². The van der Waals surface area contributed by atoms with Gasteiger partial charge in [-0.1, -0.05) is 38.8 Å². The molecule has 0 heterocycles. The van der Waals surface area contributed by atoms with Crippen LogP contribution in [0.2, 0.25) is 0 Å². The highest BCUT2D eigenvalue weighted by molar-refractivity contribution is 5.28. The molecular formula is C14H22O2.